The van der Waals surface area contributed by atoms with Crippen molar-refractivity contribution in [3.05, 3.63) is 169 Å². The second-order valence-electron chi connectivity index (χ2n) is 25.7. The lowest BCUT2D eigenvalue weighted by Gasteiger charge is -2.19. The molecule has 5 aromatic rings. The van der Waals surface area contributed by atoms with Crippen LogP contribution in [-0.4, -0.2) is 136 Å². The first-order valence-corrected chi connectivity index (χ1v) is 34.3. The van der Waals surface area contributed by atoms with Crippen molar-refractivity contribution >= 4 is 65.2 Å². The molecule has 4 fully saturated rings. The van der Waals surface area contributed by atoms with Gasteiger partial charge in [-0.05, 0) is 55.7 Å². The summed E-state index contributed by atoms with van der Waals surface area (Å²) in [5, 5.41) is 0. The predicted octanol–water partition coefficient (Wildman–Crippen LogP) is 6.88. The van der Waals surface area contributed by atoms with E-state index < -0.39 is 115 Å². The summed E-state index contributed by atoms with van der Waals surface area (Å²) in [6.07, 6.45) is 8.10. The molecule has 0 saturated carbocycles. The van der Waals surface area contributed by atoms with Gasteiger partial charge in [0, 0.05) is 84.6 Å². The Hall–Kier alpha value is -10.5. The van der Waals surface area contributed by atoms with Gasteiger partial charge in [-0.3, -0.25) is 33.6 Å². The van der Waals surface area contributed by atoms with Gasteiger partial charge >= 0.3 is 66.2 Å². The molecule has 4 aliphatic heterocycles. The first kappa shape index (κ1) is 80.2. The van der Waals surface area contributed by atoms with Crippen LogP contribution < -0.4 is 18.3 Å². The lowest BCUT2D eigenvalue weighted by atomic mass is 9.98. The maximum atomic E-state index is 13.1. The largest absolute Gasteiger partial charge is 0.489 e. The van der Waals surface area contributed by atoms with Crippen LogP contribution in [-0.2, 0) is 118 Å². The minimum atomic E-state index is -0.690. The summed E-state index contributed by atoms with van der Waals surface area (Å²) in [5.41, 5.74) is 3.61. The van der Waals surface area contributed by atoms with E-state index in [9.17, 15) is 43.2 Å². The molecule has 105 heavy (non-hydrogen) atoms. The van der Waals surface area contributed by atoms with E-state index in [2.05, 4.69) is 31.9 Å². The fourth-order valence-electron chi connectivity index (χ4n) is 12.5. The SMILES string of the molecule is C=C(OCC#CCOC(=O)c1ccc[n+]([C@@H]2O[C@H](COC(C)=O)[C@@H](OC(C)=O)[C@H]2C)c1)c1ccc[n+]([C@@H]2O[C@H](COC(C)=O)[C@@H](C)[C@H]2OC(C)=O)c1.C=C(OCc1ccc(COC(=O)c2ccc[n+]([C@@H]3O[C@H](COC(C)=O)[C@@H](OC(C)=O)[C@H]3C)c2)cc1)c1ccc[n+]([C@@H]2O[C@H](CC)[C@@H](C)[C@H]2OC(C)=O)c1. The van der Waals surface area contributed by atoms with Crippen LogP contribution in [0.15, 0.2) is 136 Å². The van der Waals surface area contributed by atoms with Gasteiger partial charge in [-0.25, -0.2) is 9.59 Å². The van der Waals surface area contributed by atoms with E-state index in [4.69, 9.17) is 71.1 Å². The Labute approximate surface area is 609 Å². The molecule has 16 atom stereocenters. The predicted molar refractivity (Wildman–Crippen MR) is 364 cm³/mol. The van der Waals surface area contributed by atoms with Gasteiger partial charge in [0.05, 0.1) is 29.1 Å². The Kier molecular flexibility index (Phi) is 28.9. The van der Waals surface area contributed by atoms with E-state index >= 15 is 0 Å². The van der Waals surface area contributed by atoms with Crippen LogP contribution in [0.25, 0.3) is 11.5 Å². The van der Waals surface area contributed by atoms with Crippen molar-refractivity contribution in [3.8, 4) is 11.8 Å². The lowest BCUT2D eigenvalue weighted by Crippen LogP contribution is -2.46. The molecule has 28 nitrogen and oxygen atoms in total. The standard InChI is InChI=1S/C40H48N2O11.C37H44N2O13/c1-8-34-24(2)37(51-29(7)45)39(52-34)42-18-9-11-32(19-42)26(4)47-21-30-13-15-31(16-14-30)22-49-40(46)33-12-10-17-41(20-33)38-25(3)36(50-28(6)44)35(53-38)23-48-27(5)43;1-22-31(20-47-25(4)40)51-36(34(22)50-28(7)43)39-15-10-12-29(18-39)24(3)45-16-8-9-17-46-37(44)30-13-11-14-38(19-30)35-23(2)33(49-27(6)42)32(52-35)21-48-26(5)41/h9-20,24-25,34-39H,4,8,21-23H2,1-3,5-7H3;10-15,18-19,22-23,31-36H,3,16-17,20-21H2,1-2,4-7H3/q2*+2/t24-,25-,34-,35-,36+,37-,38-,39-;22-,23-,31-,32-,33+,34-,35-,36-/m11/s1. The van der Waals surface area contributed by atoms with Gasteiger partial charge in [0.1, 0.15) is 92.8 Å². The maximum Gasteiger partial charge on any atom is 0.345 e. The molecule has 0 bridgehead atoms. The van der Waals surface area contributed by atoms with Crippen molar-refractivity contribution in [2.45, 2.75) is 176 Å². The summed E-state index contributed by atoms with van der Waals surface area (Å²) in [4.78, 5) is 107. The molecule has 28 heteroatoms. The van der Waals surface area contributed by atoms with Gasteiger partial charge < -0.3 is 71.1 Å². The van der Waals surface area contributed by atoms with Gasteiger partial charge in [0.2, 0.25) is 0 Å². The lowest BCUT2D eigenvalue weighted by molar-refractivity contribution is -0.765. The van der Waals surface area contributed by atoms with Crippen molar-refractivity contribution in [2.24, 2.45) is 23.7 Å². The summed E-state index contributed by atoms with van der Waals surface area (Å²) in [7, 11) is 0. The smallest absolute Gasteiger partial charge is 0.345 e. The number of rotatable bonds is 27. The molecule has 4 aromatic heterocycles. The van der Waals surface area contributed by atoms with Gasteiger partial charge in [0.25, 0.3) is 12.5 Å². The van der Waals surface area contributed by atoms with Crippen molar-refractivity contribution in [3.63, 3.8) is 0 Å². The Bertz CT molecular complexity index is 4020. The third kappa shape index (κ3) is 22.3. The second kappa shape index (κ2) is 37.8. The summed E-state index contributed by atoms with van der Waals surface area (Å²) in [6.45, 7) is 26.9. The third-order valence-electron chi connectivity index (χ3n) is 17.8. The number of carbonyl (C=O) groups excluding carboxylic acids is 9. The summed E-state index contributed by atoms with van der Waals surface area (Å²) in [5.74, 6) is 1.17. The zero-order chi connectivity index (χ0) is 76.2. The van der Waals surface area contributed by atoms with E-state index in [0.717, 1.165) is 23.1 Å². The van der Waals surface area contributed by atoms with Crippen molar-refractivity contribution in [1.29, 1.82) is 0 Å². The van der Waals surface area contributed by atoms with Crippen LogP contribution >= 0.6 is 0 Å². The first-order valence-electron chi connectivity index (χ1n) is 34.3. The van der Waals surface area contributed by atoms with Gasteiger partial charge in [-0.1, -0.05) is 70.0 Å². The van der Waals surface area contributed by atoms with E-state index in [1.54, 1.807) is 87.3 Å². The van der Waals surface area contributed by atoms with E-state index in [-0.39, 0.29) is 87.6 Å². The molecule has 8 heterocycles. The monoisotopic (exact) mass is 1460 g/mol. The fraction of sp³-hybridized carbons (Fsp3) is 0.468. The minimum absolute atomic E-state index is 0.0227. The topological polar surface area (TPSA) is 308 Å². The van der Waals surface area contributed by atoms with Crippen molar-refractivity contribution in [1.82, 2.24) is 0 Å². The van der Waals surface area contributed by atoms with Crippen molar-refractivity contribution < 1.29 is 132 Å². The molecule has 0 radical (unpaired) electrons. The summed E-state index contributed by atoms with van der Waals surface area (Å²) in [6, 6.07) is 21.4. The van der Waals surface area contributed by atoms with E-state index in [1.165, 1.54) is 48.5 Å². The average molecular weight is 1460 g/mol. The number of hydrogen-bond donors (Lipinski definition) is 0. The molecule has 4 saturated heterocycles. The Morgan fingerprint density at radius 2 is 0.695 bits per heavy atom. The zero-order valence-electron chi connectivity index (χ0n) is 60.9. The van der Waals surface area contributed by atoms with Crippen molar-refractivity contribution in [2.75, 3.05) is 33.0 Å². The number of benzene rings is 1. The molecule has 0 unspecified atom stereocenters. The van der Waals surface area contributed by atoms with Gasteiger partial charge in [-0.15, -0.1) is 0 Å². The molecule has 0 amide bonds. The van der Waals surface area contributed by atoms with Crippen LogP contribution in [0.3, 0.4) is 0 Å². The fourth-order valence-corrected chi connectivity index (χ4v) is 12.5. The minimum Gasteiger partial charge on any atom is -0.489 e. The van der Waals surface area contributed by atoms with Crippen LogP contribution in [0.5, 0.6) is 0 Å². The summed E-state index contributed by atoms with van der Waals surface area (Å²) >= 11 is 0. The molecular formula is C77H92N4O24+4. The van der Waals surface area contributed by atoms with E-state index in [0.29, 0.717) is 22.6 Å². The number of nitrogens with zero attached hydrogens (tertiary/aromatic N) is 4. The maximum absolute atomic E-state index is 13.1. The van der Waals surface area contributed by atoms with Gasteiger partial charge in [-0.2, -0.15) is 18.3 Å². The number of carbonyl (C=O) groups is 9. The highest BCUT2D eigenvalue weighted by atomic mass is 16.6. The average Bonchev–Trinajstić information content (AvgIpc) is 1.69. The van der Waals surface area contributed by atoms with E-state index in [1.807, 2.05) is 81.1 Å². The molecule has 0 aliphatic carbocycles. The van der Waals surface area contributed by atoms with Crippen LogP contribution in [0.4, 0.5) is 0 Å². The molecule has 4 aliphatic rings. The number of pyridine rings is 4. The quantitative estimate of drug-likeness (QED) is 0.0170. The Morgan fingerprint density at radius 3 is 1.10 bits per heavy atom. The first-order chi connectivity index (χ1) is 50.1. The van der Waals surface area contributed by atoms with Crippen LogP contribution in [0.2, 0.25) is 0 Å². The highest BCUT2D eigenvalue weighted by Gasteiger charge is 2.53. The zero-order valence-corrected chi connectivity index (χ0v) is 60.9. The molecule has 1 aromatic carbocycles. The number of esters is 9. The molecule has 9 rings (SSSR count). The highest BCUT2D eigenvalue weighted by Crippen LogP contribution is 2.38. The molecular weight excluding hydrogens is 1360 g/mol. The van der Waals surface area contributed by atoms with Gasteiger partial charge in [0.15, 0.2) is 68.4 Å². The molecule has 0 spiro atoms. The van der Waals surface area contributed by atoms with Crippen LogP contribution in [0.1, 0.15) is 157 Å². The summed E-state index contributed by atoms with van der Waals surface area (Å²) < 4.78 is 91.9. The third-order valence-corrected chi connectivity index (χ3v) is 17.8. The number of hydrogen-bond acceptors (Lipinski definition) is 24. The molecule has 0 N–H and O–H groups in total. The molecule has 560 valence electrons. The number of aromatic nitrogens is 4. The number of ether oxygens (including phenoxy) is 15. The second-order valence-corrected chi connectivity index (χ2v) is 25.7. The Morgan fingerprint density at radius 1 is 0.371 bits per heavy atom. The Balaban J connectivity index is 0.000000266. The normalized spacial score (nSPS) is 24.9. The van der Waals surface area contributed by atoms with Crippen LogP contribution in [0, 0.1) is 35.5 Å². The highest BCUT2D eigenvalue weighted by molar-refractivity contribution is 5.89.